The first-order valence-corrected chi connectivity index (χ1v) is 9.50. The smallest absolute Gasteiger partial charge is 0.253 e. The Kier molecular flexibility index (Phi) is 4.95. The minimum Gasteiger partial charge on any atom is -0.373 e. The molecule has 146 valence electrons. The van der Waals surface area contributed by atoms with Crippen molar-refractivity contribution in [3.05, 3.63) is 41.6 Å². The van der Waals surface area contributed by atoms with E-state index in [1.54, 1.807) is 11.0 Å². The van der Waals surface area contributed by atoms with Crippen molar-refractivity contribution in [2.24, 2.45) is 0 Å². The van der Waals surface area contributed by atoms with Crippen molar-refractivity contribution >= 4 is 17.6 Å². The Labute approximate surface area is 164 Å². The van der Waals surface area contributed by atoms with Gasteiger partial charge in [0, 0.05) is 62.7 Å². The Morgan fingerprint density at radius 1 is 1.21 bits per heavy atom. The Bertz CT molecular complexity index is 915. The van der Waals surface area contributed by atoms with Crippen molar-refractivity contribution in [1.29, 1.82) is 0 Å². The molecule has 8 nitrogen and oxygen atoms in total. The van der Waals surface area contributed by atoms with Crippen LogP contribution in [0.5, 0.6) is 0 Å². The second-order valence-electron chi connectivity index (χ2n) is 7.14. The largest absolute Gasteiger partial charge is 0.373 e. The fourth-order valence-electron chi connectivity index (χ4n) is 3.76. The fourth-order valence-corrected chi connectivity index (χ4v) is 3.76. The number of nitrogens with one attached hydrogen (secondary N) is 2. The summed E-state index contributed by atoms with van der Waals surface area (Å²) in [5.74, 6) is 1.25. The third-order valence-corrected chi connectivity index (χ3v) is 5.26. The van der Waals surface area contributed by atoms with E-state index in [0.29, 0.717) is 31.0 Å². The van der Waals surface area contributed by atoms with Crippen molar-refractivity contribution in [3.8, 4) is 11.4 Å². The van der Waals surface area contributed by atoms with Gasteiger partial charge in [-0.25, -0.2) is 9.97 Å². The molecule has 1 unspecified atom stereocenters. The third-order valence-electron chi connectivity index (χ3n) is 5.26. The second kappa shape index (κ2) is 7.55. The van der Waals surface area contributed by atoms with E-state index in [-0.39, 0.29) is 17.9 Å². The van der Waals surface area contributed by atoms with E-state index >= 15 is 0 Å². The van der Waals surface area contributed by atoms with Crippen molar-refractivity contribution in [1.82, 2.24) is 25.1 Å². The van der Waals surface area contributed by atoms with Gasteiger partial charge < -0.3 is 15.5 Å². The Balaban J connectivity index is 1.57. The van der Waals surface area contributed by atoms with Crippen LogP contribution in [0.25, 0.3) is 11.4 Å². The van der Waals surface area contributed by atoms with Crippen molar-refractivity contribution < 1.29 is 9.59 Å². The zero-order valence-electron chi connectivity index (χ0n) is 16.1. The number of nitrogens with zero attached hydrogens (tertiary/aromatic N) is 4. The number of carbonyl (C=O) groups is 2. The maximum Gasteiger partial charge on any atom is 0.253 e. The highest BCUT2D eigenvalue weighted by molar-refractivity contribution is 5.96. The van der Waals surface area contributed by atoms with Gasteiger partial charge in [-0.15, -0.1) is 0 Å². The Morgan fingerprint density at radius 3 is 2.89 bits per heavy atom. The molecule has 1 aromatic carbocycles. The molecule has 8 heteroatoms. The molecule has 2 N–H and O–H groups in total. The number of aryl methyl sites for hydroxylation is 1. The summed E-state index contributed by atoms with van der Waals surface area (Å²) < 4.78 is 0. The predicted octanol–water partition coefficient (Wildman–Crippen LogP) is 0.750. The number of anilines is 1. The lowest BCUT2D eigenvalue weighted by Crippen LogP contribution is -2.64. The maximum atomic E-state index is 13.1. The zero-order valence-corrected chi connectivity index (χ0v) is 16.1. The number of benzene rings is 1. The molecule has 4 rings (SSSR count). The summed E-state index contributed by atoms with van der Waals surface area (Å²) in [5.41, 5.74) is 2.23. The average molecular weight is 380 g/mol. The molecule has 3 heterocycles. The van der Waals surface area contributed by atoms with Gasteiger partial charge in [-0.2, -0.15) is 0 Å². The van der Waals surface area contributed by atoms with Crippen LogP contribution in [0, 0.1) is 6.92 Å². The van der Waals surface area contributed by atoms with Crippen LogP contribution in [-0.4, -0.2) is 77.4 Å². The molecule has 2 saturated heterocycles. The van der Waals surface area contributed by atoms with Crippen molar-refractivity contribution in [2.75, 3.05) is 45.1 Å². The van der Waals surface area contributed by atoms with E-state index in [2.05, 4.69) is 25.5 Å². The first-order valence-electron chi connectivity index (χ1n) is 9.50. The molecule has 0 saturated carbocycles. The molecule has 28 heavy (non-hydrogen) atoms. The summed E-state index contributed by atoms with van der Waals surface area (Å²) in [6.45, 7) is 5.19. The van der Waals surface area contributed by atoms with Gasteiger partial charge in [-0.1, -0.05) is 12.1 Å². The van der Waals surface area contributed by atoms with Crippen molar-refractivity contribution in [3.63, 3.8) is 0 Å². The molecule has 0 aliphatic carbocycles. The molecule has 1 aromatic heterocycles. The minimum absolute atomic E-state index is 0.00487. The van der Waals surface area contributed by atoms with E-state index in [4.69, 9.17) is 0 Å². The highest BCUT2D eigenvalue weighted by Gasteiger charge is 2.36. The van der Waals surface area contributed by atoms with E-state index < -0.39 is 0 Å². The highest BCUT2D eigenvalue weighted by Crippen LogP contribution is 2.21. The first-order chi connectivity index (χ1) is 13.5. The van der Waals surface area contributed by atoms with Gasteiger partial charge in [0.2, 0.25) is 5.91 Å². The quantitative estimate of drug-likeness (QED) is 0.817. The average Bonchev–Trinajstić information content (AvgIpc) is 2.73. The maximum absolute atomic E-state index is 13.1. The molecule has 2 fully saturated rings. The molecule has 2 aliphatic heterocycles. The first kappa shape index (κ1) is 18.4. The van der Waals surface area contributed by atoms with Gasteiger partial charge in [0.05, 0.1) is 0 Å². The molecule has 0 bridgehead atoms. The summed E-state index contributed by atoms with van der Waals surface area (Å²) in [4.78, 5) is 38.1. The number of hydrogen-bond donors (Lipinski definition) is 2. The Hall–Kier alpha value is -3.00. The van der Waals surface area contributed by atoms with Crippen LogP contribution < -0.4 is 10.6 Å². The Morgan fingerprint density at radius 2 is 2.07 bits per heavy atom. The van der Waals surface area contributed by atoms with Gasteiger partial charge in [0.15, 0.2) is 5.82 Å². The zero-order chi connectivity index (χ0) is 19.7. The summed E-state index contributed by atoms with van der Waals surface area (Å²) in [7, 11) is 1.81. The number of rotatable bonds is 3. The lowest BCUT2D eigenvalue weighted by molar-refractivity contribution is -0.131. The van der Waals surface area contributed by atoms with Crippen LogP contribution in [0.2, 0.25) is 0 Å². The second-order valence-corrected chi connectivity index (χ2v) is 7.14. The number of piperazine rings is 2. The molecule has 2 amide bonds. The topological polar surface area (TPSA) is 90.5 Å². The van der Waals surface area contributed by atoms with E-state index in [1.165, 1.54) is 0 Å². The van der Waals surface area contributed by atoms with Crippen LogP contribution in [0.1, 0.15) is 16.1 Å². The monoisotopic (exact) mass is 380 g/mol. The minimum atomic E-state index is -0.257. The van der Waals surface area contributed by atoms with Crippen LogP contribution in [0.15, 0.2) is 30.3 Å². The molecule has 1 atom stereocenters. The predicted molar refractivity (Wildman–Crippen MR) is 106 cm³/mol. The van der Waals surface area contributed by atoms with Crippen LogP contribution in [-0.2, 0) is 4.79 Å². The fraction of sp³-hybridized carbons (Fsp3) is 0.400. The van der Waals surface area contributed by atoms with Gasteiger partial charge in [0.25, 0.3) is 5.91 Å². The number of carbonyl (C=O) groups excluding carboxylic acids is 2. The summed E-state index contributed by atoms with van der Waals surface area (Å²) in [6.07, 6.45) is 0. The summed E-state index contributed by atoms with van der Waals surface area (Å²) in [6, 6.07) is 8.98. The van der Waals surface area contributed by atoms with Crippen LogP contribution in [0.3, 0.4) is 0 Å². The highest BCUT2D eigenvalue weighted by atomic mass is 16.2. The van der Waals surface area contributed by atoms with Gasteiger partial charge in [-0.3, -0.25) is 14.5 Å². The standard InChI is InChI=1S/C20H24N6O2/c1-13-10-17(21-2)24-18(23-13)14-4-3-5-15(11-14)20(28)26-9-8-25-7-6-22-19(27)16(25)12-26/h3-5,10-11,16H,6-9,12H2,1-2H3,(H,22,27)(H,21,23,24). The molecule has 2 aromatic rings. The van der Waals surface area contributed by atoms with Crippen molar-refractivity contribution in [2.45, 2.75) is 13.0 Å². The molecule has 2 aliphatic rings. The number of amides is 2. The number of aromatic nitrogens is 2. The van der Waals surface area contributed by atoms with Crippen LogP contribution >= 0.6 is 0 Å². The number of hydrogen-bond acceptors (Lipinski definition) is 6. The van der Waals surface area contributed by atoms with E-state index in [9.17, 15) is 9.59 Å². The molecule has 0 spiro atoms. The molecule has 0 radical (unpaired) electrons. The van der Waals surface area contributed by atoms with Crippen LogP contribution in [0.4, 0.5) is 5.82 Å². The van der Waals surface area contributed by atoms with Gasteiger partial charge in [0.1, 0.15) is 11.9 Å². The van der Waals surface area contributed by atoms with Gasteiger partial charge >= 0.3 is 0 Å². The third kappa shape index (κ3) is 3.55. The molecular formula is C20H24N6O2. The van der Waals surface area contributed by atoms with E-state index in [1.807, 2.05) is 38.2 Å². The van der Waals surface area contributed by atoms with E-state index in [0.717, 1.165) is 30.2 Å². The summed E-state index contributed by atoms with van der Waals surface area (Å²) in [5, 5.41) is 5.91. The lowest BCUT2D eigenvalue weighted by Gasteiger charge is -2.43. The van der Waals surface area contributed by atoms with Gasteiger partial charge in [-0.05, 0) is 19.1 Å². The SMILES string of the molecule is CNc1cc(C)nc(-c2cccc(C(=O)N3CCN4CCNC(=O)C4C3)c2)n1. The number of fused-ring (bicyclic) bond motifs is 1. The normalized spacial score (nSPS) is 19.7. The lowest BCUT2D eigenvalue weighted by atomic mass is 10.1. The molecular weight excluding hydrogens is 356 g/mol. The summed E-state index contributed by atoms with van der Waals surface area (Å²) >= 11 is 0.